The molecule has 0 saturated heterocycles. The Kier molecular flexibility index (Phi) is 8.67. The molecule has 1 atom stereocenters. The van der Waals surface area contributed by atoms with Crippen molar-refractivity contribution in [1.82, 2.24) is 4.98 Å². The number of phenolic OH excluding ortho intramolecular Hbond substituents is 2. The summed E-state index contributed by atoms with van der Waals surface area (Å²) in [4.78, 5) is 59.0. The van der Waals surface area contributed by atoms with Crippen molar-refractivity contribution in [3.63, 3.8) is 0 Å². The Balaban J connectivity index is 0.000000260. The number of rotatable bonds is 4. The quantitative estimate of drug-likeness (QED) is 0.114. The van der Waals surface area contributed by atoms with E-state index in [4.69, 9.17) is 12.3 Å². The molecule has 4 aromatic carbocycles. The summed E-state index contributed by atoms with van der Waals surface area (Å²) in [5, 5.41) is 27.3. The minimum atomic E-state index is -3.58. The molecule has 1 aromatic heterocycles. The van der Waals surface area contributed by atoms with E-state index in [0.717, 1.165) is 23.3 Å². The van der Waals surface area contributed by atoms with Gasteiger partial charge in [-0.25, -0.2) is 0 Å². The number of hydrogen-bond donors (Lipinski definition) is 5. The molecule has 0 saturated carbocycles. The number of nitrogens with one attached hydrogen (secondary N) is 3. The normalized spacial score (nSPS) is 17.3. The van der Waals surface area contributed by atoms with E-state index < -0.39 is 66.2 Å². The van der Waals surface area contributed by atoms with Crippen LogP contribution in [0.1, 0.15) is 138 Å². The molecule has 58 heavy (non-hydrogen) atoms. The number of ketones is 1. The van der Waals surface area contributed by atoms with Gasteiger partial charge in [0, 0.05) is 64.7 Å². The number of H-pyrrole nitrogens is 1. The second kappa shape index (κ2) is 15.7. The van der Waals surface area contributed by atoms with Crippen LogP contribution >= 0.6 is 0 Å². The number of pyridine rings is 1. The molecular formula is C48H56N4O6. The van der Waals surface area contributed by atoms with Crippen LogP contribution in [0.15, 0.2) is 88.8 Å². The first kappa shape index (κ1) is 32.0. The van der Waals surface area contributed by atoms with Crippen LogP contribution in [-0.2, 0) is 26.5 Å². The van der Waals surface area contributed by atoms with Gasteiger partial charge >= 0.3 is 0 Å². The molecule has 1 aliphatic rings. The monoisotopic (exact) mass is 793 g/mol. The van der Waals surface area contributed by atoms with Gasteiger partial charge in [0.2, 0.25) is 11.3 Å². The van der Waals surface area contributed by atoms with E-state index >= 15 is 0 Å². The summed E-state index contributed by atoms with van der Waals surface area (Å²) in [5.41, 5.74) is -2.31. The minimum Gasteiger partial charge on any atom is -0.508 e. The number of Topliss-reactive ketones (excluding diaryl/α,β-unsaturated/α-hetero) is 1. The van der Waals surface area contributed by atoms with Crippen LogP contribution in [0.2, 0.25) is 0 Å². The fourth-order valence-corrected chi connectivity index (χ4v) is 6.63. The maximum absolute atomic E-state index is 13.2. The zero-order chi connectivity index (χ0) is 50.6. The standard InChI is InChI=1S/2C24H28N2O3/c2*1-23(2,3)16-11-17(24(4,5)6)20(27)12-19(16)26-22(29)15-13-25-18-10-8-7-9-14(18)21(15)28/h7-13,27H,1-6H3,(H,25,28)(H,26,29);7-13,15,27H,1-6H3,(H,26,29)/i;4D3,5D3,6D3. The summed E-state index contributed by atoms with van der Waals surface area (Å²) in [6, 6.07) is 19.0. The number of aromatic amines is 1. The van der Waals surface area contributed by atoms with Crippen LogP contribution in [0.3, 0.4) is 0 Å². The minimum absolute atomic E-state index is 0.0305. The highest BCUT2D eigenvalue weighted by Gasteiger charge is 2.33. The summed E-state index contributed by atoms with van der Waals surface area (Å²) in [6.45, 7) is 6.48. The Labute approximate surface area is 353 Å². The largest absolute Gasteiger partial charge is 0.508 e. The zero-order valence-corrected chi connectivity index (χ0v) is 34.1. The second-order valence-corrected chi connectivity index (χ2v) is 17.5. The summed E-state index contributed by atoms with van der Waals surface area (Å²) in [5.74, 6) is -3.92. The first-order chi connectivity index (χ1) is 30.5. The highest BCUT2D eigenvalue weighted by molar-refractivity contribution is 6.25. The number of amides is 2. The average Bonchev–Trinajstić information content (AvgIpc) is 3.16. The van der Waals surface area contributed by atoms with Crippen LogP contribution in [0.5, 0.6) is 11.5 Å². The third kappa shape index (κ3) is 9.23. The number of aromatic hydroxyl groups is 2. The Morgan fingerprint density at radius 2 is 1.21 bits per heavy atom. The van der Waals surface area contributed by atoms with Gasteiger partial charge in [-0.15, -0.1) is 0 Å². The van der Waals surface area contributed by atoms with E-state index in [2.05, 4.69) is 20.6 Å². The SMILES string of the molecule is CC(C)(C)c1cc(C(C)(C)C)c(NC(=O)c2c[nH]c3ccccc3c2=O)cc1O.[2H]C([2H])([2H])C(c1cc(C(C)(C)C)c(NC(=O)C2C=Nc3ccccc3C2=O)cc1O)(C([2H])([2H])[2H])C([2H])([2H])[2H]. The number of phenols is 2. The van der Waals surface area contributed by atoms with Gasteiger partial charge in [0.05, 0.1) is 5.69 Å². The molecule has 304 valence electrons. The first-order valence-corrected chi connectivity index (χ1v) is 18.7. The zero-order valence-electron chi connectivity index (χ0n) is 43.1. The number of hydrogen-bond acceptors (Lipinski definition) is 7. The van der Waals surface area contributed by atoms with E-state index in [1.54, 1.807) is 63.2 Å². The highest BCUT2D eigenvalue weighted by Crippen LogP contribution is 2.41. The van der Waals surface area contributed by atoms with E-state index in [1.165, 1.54) is 18.5 Å². The Morgan fingerprint density at radius 3 is 1.78 bits per heavy atom. The maximum atomic E-state index is 13.2. The highest BCUT2D eigenvalue weighted by atomic mass is 16.3. The smallest absolute Gasteiger partial charge is 0.261 e. The fraction of sp³-hybridized carbons (Fsp3) is 0.354. The molecule has 0 aliphatic carbocycles. The summed E-state index contributed by atoms with van der Waals surface area (Å²) < 4.78 is 71.7. The van der Waals surface area contributed by atoms with Gasteiger partial charge in [0.15, 0.2) is 5.78 Å². The van der Waals surface area contributed by atoms with Crippen LogP contribution < -0.4 is 16.1 Å². The van der Waals surface area contributed by atoms with Gasteiger partial charge in [-0.1, -0.05) is 107 Å². The molecule has 0 fully saturated rings. The van der Waals surface area contributed by atoms with Crippen molar-refractivity contribution in [3.8, 4) is 11.5 Å². The third-order valence-corrected chi connectivity index (χ3v) is 9.74. The van der Waals surface area contributed by atoms with Crippen molar-refractivity contribution in [1.29, 1.82) is 0 Å². The molecule has 2 heterocycles. The fourth-order valence-electron chi connectivity index (χ4n) is 6.63. The van der Waals surface area contributed by atoms with Crippen LogP contribution in [0, 0.1) is 5.92 Å². The molecule has 5 N–H and O–H groups in total. The summed E-state index contributed by atoms with van der Waals surface area (Å²) in [6.07, 6.45) is 2.62. The van der Waals surface area contributed by atoms with E-state index in [9.17, 15) is 29.4 Å². The Morgan fingerprint density at radius 1 is 0.690 bits per heavy atom. The van der Waals surface area contributed by atoms with Gasteiger partial charge in [0.25, 0.3) is 5.91 Å². The van der Waals surface area contributed by atoms with Crippen molar-refractivity contribution < 1.29 is 36.9 Å². The van der Waals surface area contributed by atoms with Crippen LogP contribution in [0.25, 0.3) is 10.9 Å². The Bertz CT molecular complexity index is 2810. The molecule has 2 amide bonds. The van der Waals surface area contributed by atoms with Crippen molar-refractivity contribution >= 4 is 51.8 Å². The number of nitrogens with zero attached hydrogens (tertiary/aromatic N) is 1. The number of carbonyl (C=O) groups is 3. The van der Waals surface area contributed by atoms with Gasteiger partial charge in [-0.3, -0.25) is 24.2 Å². The summed E-state index contributed by atoms with van der Waals surface area (Å²) >= 11 is 0. The van der Waals surface area contributed by atoms with E-state index in [0.29, 0.717) is 22.3 Å². The lowest BCUT2D eigenvalue weighted by Crippen LogP contribution is -2.33. The predicted molar refractivity (Wildman–Crippen MR) is 235 cm³/mol. The first-order valence-electron chi connectivity index (χ1n) is 23.2. The molecule has 6 rings (SSSR count). The van der Waals surface area contributed by atoms with Crippen molar-refractivity contribution in [3.05, 3.63) is 123 Å². The molecule has 0 bridgehead atoms. The predicted octanol–water partition coefficient (Wildman–Crippen LogP) is 10.2. The van der Waals surface area contributed by atoms with Crippen LogP contribution in [0.4, 0.5) is 17.1 Å². The van der Waals surface area contributed by atoms with Gasteiger partial charge in [0.1, 0.15) is 23.0 Å². The number of anilines is 2. The second-order valence-electron chi connectivity index (χ2n) is 17.5. The number of benzene rings is 4. The van der Waals surface area contributed by atoms with Gasteiger partial charge in [-0.2, -0.15) is 0 Å². The van der Waals surface area contributed by atoms with Gasteiger partial charge in [-0.05, 0) is 80.3 Å². The molecule has 1 aliphatic heterocycles. The lowest BCUT2D eigenvalue weighted by Gasteiger charge is -2.29. The van der Waals surface area contributed by atoms with Crippen molar-refractivity contribution in [2.75, 3.05) is 10.6 Å². The molecule has 0 spiro atoms. The molecule has 10 heteroatoms. The molecule has 10 nitrogen and oxygen atoms in total. The lowest BCUT2D eigenvalue weighted by atomic mass is 9.79. The topological polar surface area (TPSA) is 161 Å². The number of aromatic nitrogens is 1. The van der Waals surface area contributed by atoms with Crippen molar-refractivity contribution in [2.45, 2.75) is 105 Å². The van der Waals surface area contributed by atoms with Crippen molar-refractivity contribution in [2.24, 2.45) is 10.9 Å². The van der Waals surface area contributed by atoms with Crippen LogP contribution in [-0.4, -0.2) is 39.0 Å². The number of carbonyl (C=O) groups excluding carboxylic acids is 3. The maximum Gasteiger partial charge on any atom is 0.261 e. The molecule has 1 unspecified atom stereocenters. The molecule has 0 radical (unpaired) electrons. The number of aliphatic imine (C=N–C) groups is 1. The average molecular weight is 794 g/mol. The number of para-hydroxylation sites is 2. The third-order valence-electron chi connectivity index (χ3n) is 9.74. The van der Waals surface area contributed by atoms with E-state index in [-0.39, 0.29) is 44.4 Å². The summed E-state index contributed by atoms with van der Waals surface area (Å²) in [7, 11) is 0. The molecule has 5 aromatic rings. The van der Waals surface area contributed by atoms with E-state index in [1.807, 2.05) is 53.7 Å². The lowest BCUT2D eigenvalue weighted by molar-refractivity contribution is -0.116. The van der Waals surface area contributed by atoms with Gasteiger partial charge < -0.3 is 25.8 Å². The Hall–Kier alpha value is -6.03. The molecular weight excluding hydrogens is 729 g/mol. The number of fused-ring (bicyclic) bond motifs is 2.